The molecule has 0 atom stereocenters. The minimum atomic E-state index is -1.06. The molecule has 1 heterocycles. The second-order valence-electron chi connectivity index (χ2n) is 4.96. The third-order valence-electron chi connectivity index (χ3n) is 3.48. The van der Waals surface area contributed by atoms with Crippen LogP contribution < -0.4 is 5.32 Å². The number of rotatable bonds is 6. The Hall–Kier alpha value is -1.14. The minimum absolute atomic E-state index is 0.173. The SMILES string of the molecule is O=C(CCSc1ccccc1)NC1(C(=O)O)CCSCC1. The topological polar surface area (TPSA) is 66.4 Å². The number of carbonyl (C=O) groups excluding carboxylic acids is 1. The van der Waals surface area contributed by atoms with E-state index in [1.54, 1.807) is 23.5 Å². The summed E-state index contributed by atoms with van der Waals surface area (Å²) in [6, 6.07) is 9.87. The van der Waals surface area contributed by atoms with Gasteiger partial charge in [0, 0.05) is 17.1 Å². The number of carboxylic acid groups (broad SMARTS) is 1. The van der Waals surface area contributed by atoms with Crippen molar-refractivity contribution in [3.05, 3.63) is 30.3 Å². The Balaban J connectivity index is 1.81. The third kappa shape index (κ3) is 4.68. The van der Waals surface area contributed by atoms with Gasteiger partial charge >= 0.3 is 5.97 Å². The largest absolute Gasteiger partial charge is 0.480 e. The van der Waals surface area contributed by atoms with Crippen LogP contribution in [0.3, 0.4) is 0 Å². The van der Waals surface area contributed by atoms with Gasteiger partial charge in [0.25, 0.3) is 0 Å². The molecule has 4 nitrogen and oxygen atoms in total. The van der Waals surface area contributed by atoms with Gasteiger partial charge < -0.3 is 10.4 Å². The highest BCUT2D eigenvalue weighted by Gasteiger charge is 2.40. The number of hydrogen-bond donors (Lipinski definition) is 2. The maximum absolute atomic E-state index is 12.0. The zero-order valence-electron chi connectivity index (χ0n) is 11.7. The number of hydrogen-bond acceptors (Lipinski definition) is 4. The van der Waals surface area contributed by atoms with Gasteiger partial charge in [-0.15, -0.1) is 11.8 Å². The normalized spacial score (nSPS) is 17.1. The van der Waals surface area contributed by atoms with Crippen LogP contribution in [-0.4, -0.2) is 39.8 Å². The molecule has 0 spiro atoms. The fourth-order valence-corrected chi connectivity index (χ4v) is 4.28. The van der Waals surface area contributed by atoms with Crippen LogP contribution in [0.4, 0.5) is 0 Å². The van der Waals surface area contributed by atoms with Crippen molar-refractivity contribution in [3.8, 4) is 0 Å². The van der Waals surface area contributed by atoms with Crippen molar-refractivity contribution in [2.24, 2.45) is 0 Å². The summed E-state index contributed by atoms with van der Waals surface area (Å²) in [5.41, 5.74) is -1.06. The van der Waals surface area contributed by atoms with E-state index in [-0.39, 0.29) is 5.91 Å². The highest BCUT2D eigenvalue weighted by molar-refractivity contribution is 7.99. The Morgan fingerprint density at radius 3 is 2.52 bits per heavy atom. The van der Waals surface area contributed by atoms with Crippen LogP contribution in [-0.2, 0) is 9.59 Å². The van der Waals surface area contributed by atoms with Gasteiger partial charge in [-0.3, -0.25) is 4.79 Å². The number of aliphatic carboxylic acids is 1. The first-order chi connectivity index (χ1) is 10.1. The monoisotopic (exact) mass is 325 g/mol. The van der Waals surface area contributed by atoms with Crippen molar-refractivity contribution >= 4 is 35.4 Å². The third-order valence-corrected chi connectivity index (χ3v) is 5.47. The summed E-state index contributed by atoms with van der Waals surface area (Å²) in [5.74, 6) is 1.14. The quantitative estimate of drug-likeness (QED) is 0.787. The molecule has 0 bridgehead atoms. The summed E-state index contributed by atoms with van der Waals surface area (Å²) >= 11 is 3.34. The van der Waals surface area contributed by atoms with Gasteiger partial charge in [-0.2, -0.15) is 11.8 Å². The Labute approximate surface area is 133 Å². The molecule has 1 fully saturated rings. The Morgan fingerprint density at radius 1 is 1.24 bits per heavy atom. The molecule has 1 amide bonds. The average molecular weight is 325 g/mol. The number of carbonyl (C=O) groups is 2. The molecule has 2 rings (SSSR count). The average Bonchev–Trinajstić information content (AvgIpc) is 2.49. The smallest absolute Gasteiger partial charge is 0.329 e. The van der Waals surface area contributed by atoms with Crippen LogP contribution in [0.15, 0.2) is 35.2 Å². The van der Waals surface area contributed by atoms with Crippen LogP contribution in [0.5, 0.6) is 0 Å². The molecule has 0 unspecified atom stereocenters. The van der Waals surface area contributed by atoms with Crippen LogP contribution >= 0.6 is 23.5 Å². The molecule has 1 aromatic rings. The second-order valence-corrected chi connectivity index (χ2v) is 7.35. The summed E-state index contributed by atoms with van der Waals surface area (Å²) < 4.78 is 0. The molecule has 2 N–H and O–H groups in total. The molecule has 0 aliphatic carbocycles. The van der Waals surface area contributed by atoms with Crippen LogP contribution in [0, 0.1) is 0 Å². The summed E-state index contributed by atoms with van der Waals surface area (Å²) in [5, 5.41) is 12.2. The Kier molecular flexibility index (Phi) is 5.99. The zero-order chi connectivity index (χ0) is 15.1. The molecular weight excluding hydrogens is 306 g/mol. The molecule has 0 radical (unpaired) electrons. The predicted molar refractivity (Wildman–Crippen MR) is 86.9 cm³/mol. The van der Waals surface area contributed by atoms with Crippen LogP contribution in [0.2, 0.25) is 0 Å². The van der Waals surface area contributed by atoms with Crippen molar-refractivity contribution in [2.45, 2.75) is 29.7 Å². The van der Waals surface area contributed by atoms with Gasteiger partial charge in [0.15, 0.2) is 0 Å². The van der Waals surface area contributed by atoms with E-state index < -0.39 is 11.5 Å². The maximum atomic E-state index is 12.0. The molecule has 0 aromatic heterocycles. The van der Waals surface area contributed by atoms with Gasteiger partial charge in [-0.05, 0) is 36.5 Å². The molecule has 1 aromatic carbocycles. The van der Waals surface area contributed by atoms with Gasteiger partial charge in [-0.1, -0.05) is 18.2 Å². The highest BCUT2D eigenvalue weighted by atomic mass is 32.2. The van der Waals surface area contributed by atoms with Gasteiger partial charge in [-0.25, -0.2) is 4.79 Å². The zero-order valence-corrected chi connectivity index (χ0v) is 13.3. The lowest BCUT2D eigenvalue weighted by Crippen LogP contribution is -2.56. The Bertz CT molecular complexity index is 487. The molecule has 6 heteroatoms. The lowest BCUT2D eigenvalue weighted by molar-refractivity contribution is -0.148. The summed E-state index contributed by atoms with van der Waals surface area (Å²) in [7, 11) is 0. The fourth-order valence-electron chi connectivity index (χ4n) is 2.22. The van der Waals surface area contributed by atoms with Crippen molar-refractivity contribution in [1.29, 1.82) is 0 Å². The van der Waals surface area contributed by atoms with E-state index >= 15 is 0 Å². The van der Waals surface area contributed by atoms with E-state index in [1.165, 1.54) is 0 Å². The molecule has 1 aliphatic rings. The number of benzene rings is 1. The van der Waals surface area contributed by atoms with Gasteiger partial charge in [0.2, 0.25) is 5.91 Å². The van der Waals surface area contributed by atoms with E-state index in [2.05, 4.69) is 5.32 Å². The molecular formula is C15H19NO3S2. The van der Waals surface area contributed by atoms with Crippen LogP contribution in [0.1, 0.15) is 19.3 Å². The first-order valence-electron chi connectivity index (χ1n) is 6.92. The van der Waals surface area contributed by atoms with Crippen molar-refractivity contribution in [3.63, 3.8) is 0 Å². The molecule has 0 saturated carbocycles. The first kappa shape index (κ1) is 16.2. The van der Waals surface area contributed by atoms with Crippen molar-refractivity contribution < 1.29 is 14.7 Å². The van der Waals surface area contributed by atoms with Gasteiger partial charge in [0.1, 0.15) is 5.54 Å². The van der Waals surface area contributed by atoms with Crippen molar-refractivity contribution in [1.82, 2.24) is 5.32 Å². The minimum Gasteiger partial charge on any atom is -0.480 e. The number of carboxylic acids is 1. The van der Waals surface area contributed by atoms with E-state index in [0.717, 1.165) is 16.4 Å². The van der Waals surface area contributed by atoms with E-state index in [1.807, 2.05) is 30.3 Å². The molecule has 21 heavy (non-hydrogen) atoms. The lowest BCUT2D eigenvalue weighted by Gasteiger charge is -2.33. The standard InChI is InChI=1S/C15H19NO3S2/c17-13(6-9-21-12-4-2-1-3-5-12)16-15(14(18)19)7-10-20-11-8-15/h1-5H,6-11H2,(H,16,17)(H,18,19). The maximum Gasteiger partial charge on any atom is 0.329 e. The van der Waals surface area contributed by atoms with E-state index in [4.69, 9.17) is 0 Å². The van der Waals surface area contributed by atoms with Crippen molar-refractivity contribution in [2.75, 3.05) is 17.3 Å². The molecule has 1 saturated heterocycles. The summed E-state index contributed by atoms with van der Waals surface area (Å²) in [4.78, 5) is 24.6. The highest BCUT2D eigenvalue weighted by Crippen LogP contribution is 2.27. The summed E-state index contributed by atoms with van der Waals surface area (Å²) in [6.45, 7) is 0. The summed E-state index contributed by atoms with van der Waals surface area (Å²) in [6.07, 6.45) is 1.34. The first-order valence-corrected chi connectivity index (χ1v) is 9.06. The molecule has 114 valence electrons. The fraction of sp³-hybridized carbons (Fsp3) is 0.467. The van der Waals surface area contributed by atoms with E-state index in [9.17, 15) is 14.7 Å². The van der Waals surface area contributed by atoms with Gasteiger partial charge in [0.05, 0.1) is 0 Å². The Morgan fingerprint density at radius 2 is 1.90 bits per heavy atom. The van der Waals surface area contributed by atoms with Crippen LogP contribution in [0.25, 0.3) is 0 Å². The number of thioether (sulfide) groups is 2. The predicted octanol–water partition coefficient (Wildman–Crippen LogP) is 2.64. The molecule has 1 aliphatic heterocycles. The second kappa shape index (κ2) is 7.75. The number of nitrogens with one attached hydrogen (secondary N) is 1. The van der Waals surface area contributed by atoms with E-state index in [0.29, 0.717) is 25.0 Å². The lowest BCUT2D eigenvalue weighted by atomic mass is 9.92. The number of amides is 1.